The van der Waals surface area contributed by atoms with Crippen molar-refractivity contribution in [2.24, 2.45) is 0 Å². The van der Waals surface area contributed by atoms with Crippen molar-refractivity contribution >= 4 is 23.2 Å². The molecule has 1 atom stereocenters. The van der Waals surface area contributed by atoms with Crippen LogP contribution in [0.4, 0.5) is 0 Å². The largest absolute Gasteiger partial charge is 0.314 e. The molecule has 0 saturated carbocycles. The first-order valence-corrected chi connectivity index (χ1v) is 7.48. The van der Waals surface area contributed by atoms with Crippen molar-refractivity contribution in [2.45, 2.75) is 18.9 Å². The van der Waals surface area contributed by atoms with Gasteiger partial charge in [0, 0.05) is 32.2 Å². The molecule has 0 amide bonds. The molecule has 0 aliphatic carbocycles. The fourth-order valence-corrected chi connectivity index (χ4v) is 2.86. The van der Waals surface area contributed by atoms with Crippen LogP contribution in [0.3, 0.4) is 0 Å². The maximum Gasteiger partial charge on any atom is 0.0595 e. The van der Waals surface area contributed by atoms with Gasteiger partial charge in [0.15, 0.2) is 0 Å². The number of benzene rings is 1. The second kappa shape index (κ2) is 7.30. The van der Waals surface area contributed by atoms with Crippen molar-refractivity contribution in [3.8, 4) is 0 Å². The van der Waals surface area contributed by atoms with Crippen molar-refractivity contribution in [3.63, 3.8) is 0 Å². The van der Waals surface area contributed by atoms with Gasteiger partial charge < -0.3 is 5.32 Å². The van der Waals surface area contributed by atoms with E-state index < -0.39 is 0 Å². The third kappa shape index (κ3) is 3.96. The summed E-state index contributed by atoms with van der Waals surface area (Å²) in [6.45, 7) is 8.06. The van der Waals surface area contributed by atoms with Crippen molar-refractivity contribution < 1.29 is 0 Å². The van der Waals surface area contributed by atoms with Crippen LogP contribution in [0.2, 0.25) is 10.0 Å². The Balaban J connectivity index is 2.19. The predicted octanol–water partition coefficient (Wildman–Crippen LogP) is 3.91. The summed E-state index contributed by atoms with van der Waals surface area (Å²) in [7, 11) is 0. The number of rotatable bonds is 5. The third-order valence-electron chi connectivity index (χ3n) is 3.57. The summed E-state index contributed by atoms with van der Waals surface area (Å²) >= 11 is 12.2. The molecule has 1 heterocycles. The van der Waals surface area contributed by atoms with Crippen LogP contribution in [0.25, 0.3) is 0 Å². The number of hydrogen-bond acceptors (Lipinski definition) is 2. The highest BCUT2D eigenvalue weighted by Gasteiger charge is 2.21. The highest BCUT2D eigenvalue weighted by molar-refractivity contribution is 6.42. The molecule has 1 saturated heterocycles. The van der Waals surface area contributed by atoms with Crippen LogP contribution in [-0.4, -0.2) is 31.1 Å². The zero-order valence-electron chi connectivity index (χ0n) is 11.0. The van der Waals surface area contributed by atoms with Gasteiger partial charge in [0.05, 0.1) is 10.0 Å². The van der Waals surface area contributed by atoms with Crippen LogP contribution < -0.4 is 5.32 Å². The molecular formula is C15H20Cl2N2. The van der Waals surface area contributed by atoms with Gasteiger partial charge in [-0.25, -0.2) is 0 Å². The van der Waals surface area contributed by atoms with Crippen molar-refractivity contribution in [2.75, 3.05) is 26.2 Å². The van der Waals surface area contributed by atoms with E-state index in [1.807, 2.05) is 18.2 Å². The first kappa shape index (κ1) is 14.9. The van der Waals surface area contributed by atoms with Crippen LogP contribution in [0.15, 0.2) is 30.9 Å². The molecule has 104 valence electrons. The summed E-state index contributed by atoms with van der Waals surface area (Å²) in [5.74, 6) is 0. The van der Waals surface area contributed by atoms with Gasteiger partial charge in [-0.1, -0.05) is 35.3 Å². The molecule has 19 heavy (non-hydrogen) atoms. The zero-order chi connectivity index (χ0) is 13.7. The number of allylic oxidation sites excluding steroid dienone is 1. The summed E-state index contributed by atoms with van der Waals surface area (Å²) < 4.78 is 0. The van der Waals surface area contributed by atoms with E-state index in [1.54, 1.807) is 0 Å². The molecular weight excluding hydrogens is 279 g/mol. The Labute approximate surface area is 125 Å². The van der Waals surface area contributed by atoms with Gasteiger partial charge in [0.25, 0.3) is 0 Å². The zero-order valence-corrected chi connectivity index (χ0v) is 12.6. The molecule has 0 spiro atoms. The standard InChI is InChI=1S/C15H20Cl2N2/c1-2-3-4-15(19-9-7-18-8-10-19)12-5-6-13(16)14(17)11-12/h2,5-6,11,15,18H,1,3-4,7-10H2/t15-/m0/s1. The van der Waals surface area contributed by atoms with Crippen molar-refractivity contribution in [1.29, 1.82) is 0 Å². The molecule has 2 nitrogen and oxygen atoms in total. The summed E-state index contributed by atoms with van der Waals surface area (Å²) in [6.07, 6.45) is 4.06. The van der Waals surface area contributed by atoms with Gasteiger partial charge in [0.1, 0.15) is 0 Å². The van der Waals surface area contributed by atoms with E-state index in [4.69, 9.17) is 23.2 Å². The fourth-order valence-electron chi connectivity index (χ4n) is 2.55. The molecule has 4 heteroatoms. The number of nitrogens with one attached hydrogen (secondary N) is 1. The Kier molecular flexibility index (Phi) is 5.71. The monoisotopic (exact) mass is 298 g/mol. The molecule has 0 bridgehead atoms. The maximum absolute atomic E-state index is 6.15. The number of halogens is 2. The van der Waals surface area contributed by atoms with Crippen LogP contribution in [0.1, 0.15) is 24.4 Å². The summed E-state index contributed by atoms with van der Waals surface area (Å²) in [4.78, 5) is 2.51. The molecule has 1 fully saturated rings. The summed E-state index contributed by atoms with van der Waals surface area (Å²) in [5.41, 5.74) is 1.25. The van der Waals surface area contributed by atoms with Gasteiger partial charge in [0.2, 0.25) is 0 Å². The first-order chi connectivity index (χ1) is 9.22. The molecule has 0 aromatic heterocycles. The Hall–Kier alpha value is -0.540. The van der Waals surface area contributed by atoms with Gasteiger partial charge >= 0.3 is 0 Å². The Morgan fingerprint density at radius 1 is 1.26 bits per heavy atom. The molecule has 1 N–H and O–H groups in total. The number of piperazine rings is 1. The lowest BCUT2D eigenvalue weighted by Gasteiger charge is -2.35. The molecule has 0 radical (unpaired) electrons. The van der Waals surface area contributed by atoms with Gasteiger partial charge in [-0.05, 0) is 30.5 Å². The second-order valence-corrected chi connectivity index (χ2v) is 5.66. The summed E-state index contributed by atoms with van der Waals surface area (Å²) in [5, 5.41) is 4.64. The first-order valence-electron chi connectivity index (χ1n) is 6.73. The van der Waals surface area contributed by atoms with E-state index in [0.29, 0.717) is 16.1 Å². The quantitative estimate of drug-likeness (QED) is 0.829. The van der Waals surface area contributed by atoms with Crippen LogP contribution >= 0.6 is 23.2 Å². The Morgan fingerprint density at radius 3 is 2.63 bits per heavy atom. The molecule has 2 rings (SSSR count). The molecule has 1 aliphatic rings. The lowest BCUT2D eigenvalue weighted by atomic mass is 9.99. The minimum atomic E-state index is 0.398. The fraction of sp³-hybridized carbons (Fsp3) is 0.467. The minimum Gasteiger partial charge on any atom is -0.314 e. The maximum atomic E-state index is 6.15. The highest BCUT2D eigenvalue weighted by Crippen LogP contribution is 2.31. The third-order valence-corrected chi connectivity index (χ3v) is 4.30. The Bertz CT molecular complexity index is 428. The highest BCUT2D eigenvalue weighted by atomic mass is 35.5. The van der Waals surface area contributed by atoms with Crippen LogP contribution in [0.5, 0.6) is 0 Å². The normalized spacial score (nSPS) is 18.2. The molecule has 0 unspecified atom stereocenters. The van der Waals surface area contributed by atoms with E-state index in [2.05, 4.69) is 22.9 Å². The van der Waals surface area contributed by atoms with Gasteiger partial charge in [-0.15, -0.1) is 6.58 Å². The topological polar surface area (TPSA) is 15.3 Å². The average Bonchev–Trinajstić information content (AvgIpc) is 2.44. The van der Waals surface area contributed by atoms with Gasteiger partial charge in [-0.2, -0.15) is 0 Å². The van der Waals surface area contributed by atoms with E-state index >= 15 is 0 Å². The smallest absolute Gasteiger partial charge is 0.0595 e. The van der Waals surface area contributed by atoms with E-state index in [-0.39, 0.29) is 0 Å². The minimum absolute atomic E-state index is 0.398. The molecule has 1 aliphatic heterocycles. The average molecular weight is 299 g/mol. The van der Waals surface area contributed by atoms with Crippen LogP contribution in [0, 0.1) is 0 Å². The number of hydrogen-bond donors (Lipinski definition) is 1. The van der Waals surface area contributed by atoms with Gasteiger partial charge in [-0.3, -0.25) is 4.90 Å². The SMILES string of the molecule is C=CCC[C@@H](c1ccc(Cl)c(Cl)c1)N1CCNCC1. The second-order valence-electron chi connectivity index (χ2n) is 4.84. The van der Waals surface area contributed by atoms with E-state index in [9.17, 15) is 0 Å². The Morgan fingerprint density at radius 2 is 2.00 bits per heavy atom. The van der Waals surface area contributed by atoms with Crippen molar-refractivity contribution in [1.82, 2.24) is 10.2 Å². The molecule has 1 aromatic rings. The predicted molar refractivity (Wildman–Crippen MR) is 83.1 cm³/mol. The van der Waals surface area contributed by atoms with Crippen LogP contribution in [-0.2, 0) is 0 Å². The van der Waals surface area contributed by atoms with E-state index in [1.165, 1.54) is 5.56 Å². The summed E-state index contributed by atoms with van der Waals surface area (Å²) in [6, 6.07) is 6.38. The molecule has 1 aromatic carbocycles. The lowest BCUT2D eigenvalue weighted by Crippen LogP contribution is -2.45. The lowest BCUT2D eigenvalue weighted by molar-refractivity contribution is 0.166. The van der Waals surface area contributed by atoms with E-state index in [0.717, 1.165) is 39.0 Å². The van der Waals surface area contributed by atoms with Crippen molar-refractivity contribution in [3.05, 3.63) is 46.5 Å². The number of nitrogens with zero attached hydrogens (tertiary/aromatic N) is 1.